The first-order chi connectivity index (χ1) is 10.5. The highest BCUT2D eigenvalue weighted by molar-refractivity contribution is 5.96. The smallest absolute Gasteiger partial charge is 0.352 e. The van der Waals surface area contributed by atoms with Crippen LogP contribution >= 0.6 is 0 Å². The first-order valence-corrected chi connectivity index (χ1v) is 6.43. The van der Waals surface area contributed by atoms with Crippen molar-refractivity contribution in [2.24, 2.45) is 0 Å². The van der Waals surface area contributed by atoms with Gasteiger partial charge in [-0.15, -0.1) is 0 Å². The first kappa shape index (κ1) is 14.7. The fourth-order valence-electron chi connectivity index (χ4n) is 2.57. The summed E-state index contributed by atoms with van der Waals surface area (Å²) >= 11 is 0. The molecule has 10 nitrogen and oxygen atoms in total. The average Bonchev–Trinajstić information content (AvgIpc) is 3.00. The van der Waals surface area contributed by atoms with Gasteiger partial charge in [0, 0.05) is 0 Å². The van der Waals surface area contributed by atoms with Gasteiger partial charge < -0.3 is 30.9 Å². The molecule has 1 aliphatic rings. The van der Waals surface area contributed by atoms with Crippen LogP contribution in [0.1, 0.15) is 16.7 Å². The molecule has 22 heavy (non-hydrogen) atoms. The Morgan fingerprint density at radius 1 is 1.36 bits per heavy atom. The van der Waals surface area contributed by atoms with Gasteiger partial charge in [-0.2, -0.15) is 0 Å². The molecule has 10 heteroatoms. The van der Waals surface area contributed by atoms with Gasteiger partial charge in [0.25, 0.3) is 0 Å². The van der Waals surface area contributed by atoms with Crippen LogP contribution in [-0.4, -0.2) is 65.8 Å². The van der Waals surface area contributed by atoms with Gasteiger partial charge in [-0.3, -0.25) is 4.57 Å². The van der Waals surface area contributed by atoms with Gasteiger partial charge in [0.05, 0.1) is 12.0 Å². The maximum absolute atomic E-state index is 11.4. The molecule has 0 amide bonds. The first-order valence-electron chi connectivity index (χ1n) is 6.43. The van der Waals surface area contributed by atoms with E-state index in [1.54, 1.807) is 0 Å². The zero-order valence-electron chi connectivity index (χ0n) is 11.2. The van der Waals surface area contributed by atoms with E-state index in [1.165, 1.54) is 6.07 Å². The van der Waals surface area contributed by atoms with Gasteiger partial charge >= 0.3 is 5.97 Å². The van der Waals surface area contributed by atoms with Crippen LogP contribution in [0.3, 0.4) is 0 Å². The van der Waals surface area contributed by atoms with E-state index >= 15 is 0 Å². The van der Waals surface area contributed by atoms with E-state index in [4.69, 9.17) is 15.6 Å². The zero-order valence-corrected chi connectivity index (χ0v) is 11.2. The summed E-state index contributed by atoms with van der Waals surface area (Å²) in [6.45, 7) is -0.520. The molecule has 6 N–H and O–H groups in total. The summed E-state index contributed by atoms with van der Waals surface area (Å²) in [7, 11) is 0. The number of ether oxygens (including phenoxy) is 1. The standard InChI is InChI=1S/C12H14N4O6/c13-9-4-1-5(12(20)21)16(10(4)15-3-14-9)11-8(19)7(18)6(2-17)22-11/h1,3,6-8,11,17-19H,2H2,(H,20,21)(H2,13,14,15)/t6-,7-,8-,11-/m1/s1. The molecule has 0 unspecified atom stereocenters. The Labute approximate surface area is 123 Å². The number of carboxylic acid groups (broad SMARTS) is 1. The van der Waals surface area contributed by atoms with Gasteiger partial charge in [0.1, 0.15) is 41.8 Å². The normalized spacial score (nSPS) is 28.3. The van der Waals surface area contributed by atoms with Crippen molar-refractivity contribution in [1.29, 1.82) is 0 Å². The monoisotopic (exact) mass is 310 g/mol. The number of nitrogen functional groups attached to an aromatic ring is 1. The van der Waals surface area contributed by atoms with Crippen LogP contribution in [0, 0.1) is 0 Å². The van der Waals surface area contributed by atoms with Gasteiger partial charge in [-0.05, 0) is 6.07 Å². The SMILES string of the molecule is Nc1ncnc2c1cc(C(=O)O)n2[C@@H]1O[C@H](CO)[C@@H](O)[C@H]1O. The number of hydrogen-bond acceptors (Lipinski definition) is 8. The Bertz CT molecular complexity index is 732. The number of anilines is 1. The Hall–Kier alpha value is -2.27. The maximum Gasteiger partial charge on any atom is 0.352 e. The third-order valence-corrected chi connectivity index (χ3v) is 3.65. The summed E-state index contributed by atoms with van der Waals surface area (Å²) in [5, 5.41) is 38.7. The summed E-state index contributed by atoms with van der Waals surface area (Å²) in [6.07, 6.45) is -3.88. The van der Waals surface area contributed by atoms with E-state index < -0.39 is 37.1 Å². The third-order valence-electron chi connectivity index (χ3n) is 3.65. The summed E-state index contributed by atoms with van der Waals surface area (Å²) < 4.78 is 6.49. The second-order valence-electron chi connectivity index (χ2n) is 4.93. The van der Waals surface area contributed by atoms with Crippen LogP contribution in [0.25, 0.3) is 11.0 Å². The number of aliphatic hydroxyl groups is 3. The summed E-state index contributed by atoms with van der Waals surface area (Å²) in [5.74, 6) is -1.20. The molecule has 4 atom stereocenters. The largest absolute Gasteiger partial charge is 0.477 e. The molecule has 0 aliphatic carbocycles. The number of fused-ring (bicyclic) bond motifs is 1. The van der Waals surface area contributed by atoms with E-state index in [0.29, 0.717) is 0 Å². The molecule has 3 heterocycles. The lowest BCUT2D eigenvalue weighted by Gasteiger charge is -2.19. The van der Waals surface area contributed by atoms with Crippen molar-refractivity contribution in [2.45, 2.75) is 24.5 Å². The summed E-state index contributed by atoms with van der Waals surface area (Å²) in [5.41, 5.74) is 5.63. The summed E-state index contributed by atoms with van der Waals surface area (Å²) in [4.78, 5) is 19.2. The van der Waals surface area contributed by atoms with Crippen LogP contribution in [0.5, 0.6) is 0 Å². The fourth-order valence-corrected chi connectivity index (χ4v) is 2.57. The molecule has 0 bridgehead atoms. The lowest BCUT2D eigenvalue weighted by Crippen LogP contribution is -2.33. The number of aliphatic hydroxyl groups excluding tert-OH is 3. The highest BCUT2D eigenvalue weighted by atomic mass is 16.6. The minimum absolute atomic E-state index is 0.0815. The van der Waals surface area contributed by atoms with E-state index in [2.05, 4.69) is 9.97 Å². The van der Waals surface area contributed by atoms with Gasteiger partial charge in [-0.25, -0.2) is 14.8 Å². The van der Waals surface area contributed by atoms with E-state index in [-0.39, 0.29) is 22.5 Å². The topological polar surface area (TPSA) is 164 Å². The van der Waals surface area contributed by atoms with Gasteiger partial charge in [0.15, 0.2) is 6.23 Å². The van der Waals surface area contributed by atoms with Crippen molar-refractivity contribution in [2.75, 3.05) is 12.3 Å². The molecule has 118 valence electrons. The molecule has 3 rings (SSSR count). The fraction of sp³-hybridized carbons (Fsp3) is 0.417. The highest BCUT2D eigenvalue weighted by Crippen LogP contribution is 2.34. The van der Waals surface area contributed by atoms with Crippen molar-refractivity contribution < 1.29 is 30.0 Å². The molecule has 1 saturated heterocycles. The van der Waals surface area contributed by atoms with Crippen LogP contribution in [0.4, 0.5) is 5.82 Å². The molecule has 0 spiro atoms. The Morgan fingerprint density at radius 3 is 2.68 bits per heavy atom. The molecule has 0 radical (unpaired) electrons. The van der Waals surface area contributed by atoms with Gasteiger partial charge in [0.2, 0.25) is 0 Å². The Balaban J connectivity index is 2.19. The van der Waals surface area contributed by atoms with Crippen LogP contribution in [-0.2, 0) is 4.74 Å². The van der Waals surface area contributed by atoms with E-state index in [9.17, 15) is 20.1 Å². The minimum Gasteiger partial charge on any atom is -0.477 e. The minimum atomic E-state index is -1.43. The Kier molecular flexibility index (Phi) is 3.45. The second kappa shape index (κ2) is 5.18. The highest BCUT2D eigenvalue weighted by Gasteiger charge is 2.45. The molecule has 1 aliphatic heterocycles. The average molecular weight is 310 g/mol. The number of carbonyl (C=O) groups is 1. The number of aromatic nitrogens is 3. The van der Waals surface area contributed by atoms with Crippen molar-refractivity contribution >= 4 is 22.8 Å². The lowest BCUT2D eigenvalue weighted by molar-refractivity contribution is -0.0519. The van der Waals surface area contributed by atoms with Crippen molar-refractivity contribution in [3.8, 4) is 0 Å². The number of nitrogens with two attached hydrogens (primary N) is 1. The molecule has 2 aromatic rings. The lowest BCUT2D eigenvalue weighted by atomic mass is 10.1. The van der Waals surface area contributed by atoms with Crippen molar-refractivity contribution in [3.05, 3.63) is 18.1 Å². The quantitative estimate of drug-likeness (QED) is 0.445. The Morgan fingerprint density at radius 2 is 2.09 bits per heavy atom. The van der Waals surface area contributed by atoms with Gasteiger partial charge in [-0.1, -0.05) is 0 Å². The number of aromatic carboxylic acids is 1. The number of nitrogens with zero attached hydrogens (tertiary/aromatic N) is 3. The molecule has 0 aromatic carbocycles. The molecule has 0 saturated carbocycles. The van der Waals surface area contributed by atoms with E-state index in [1.807, 2.05) is 0 Å². The van der Waals surface area contributed by atoms with Crippen molar-refractivity contribution in [1.82, 2.24) is 14.5 Å². The molecular weight excluding hydrogens is 296 g/mol. The predicted molar refractivity (Wildman–Crippen MR) is 71.9 cm³/mol. The van der Waals surface area contributed by atoms with Crippen LogP contribution in [0.2, 0.25) is 0 Å². The predicted octanol–water partition coefficient (Wildman–Crippen LogP) is -1.68. The molecule has 1 fully saturated rings. The number of carboxylic acids is 1. The third kappa shape index (κ3) is 2.01. The van der Waals surface area contributed by atoms with Crippen LogP contribution in [0.15, 0.2) is 12.4 Å². The summed E-state index contributed by atoms with van der Waals surface area (Å²) in [6, 6.07) is 1.27. The zero-order chi connectivity index (χ0) is 16.0. The second-order valence-corrected chi connectivity index (χ2v) is 4.93. The number of rotatable bonds is 3. The molecular formula is C12H14N4O6. The van der Waals surface area contributed by atoms with E-state index in [0.717, 1.165) is 10.9 Å². The van der Waals surface area contributed by atoms with Crippen LogP contribution < -0.4 is 5.73 Å². The number of hydrogen-bond donors (Lipinski definition) is 5. The molecule has 2 aromatic heterocycles. The maximum atomic E-state index is 11.4. The van der Waals surface area contributed by atoms with Crippen molar-refractivity contribution in [3.63, 3.8) is 0 Å².